The second-order valence-corrected chi connectivity index (χ2v) is 10.2. The van der Waals surface area contributed by atoms with E-state index in [1.807, 2.05) is 23.0 Å². The molecule has 1 N–H and O–H groups in total. The van der Waals surface area contributed by atoms with E-state index in [0.29, 0.717) is 18.0 Å². The average Bonchev–Trinajstić information content (AvgIpc) is 3.34. The van der Waals surface area contributed by atoms with E-state index in [2.05, 4.69) is 71.3 Å². The molecule has 29 heavy (non-hydrogen) atoms. The van der Waals surface area contributed by atoms with E-state index in [9.17, 15) is 0 Å². The molecule has 3 aromatic heterocycles. The molecule has 0 amide bonds. The average molecular weight is 423 g/mol. The molecule has 150 valence electrons. The van der Waals surface area contributed by atoms with Crippen molar-refractivity contribution in [2.45, 2.75) is 51.6 Å². The molecule has 1 fully saturated rings. The molecule has 0 saturated carbocycles. The monoisotopic (exact) mass is 422 g/mol. The van der Waals surface area contributed by atoms with E-state index in [1.54, 1.807) is 11.3 Å². The second-order valence-electron chi connectivity index (χ2n) is 8.21. The van der Waals surface area contributed by atoms with Gasteiger partial charge < -0.3 is 5.32 Å². The molecule has 0 spiro atoms. The number of thiazole rings is 1. The number of thiophene rings is 1. The first-order valence-corrected chi connectivity index (χ1v) is 12.0. The van der Waals surface area contributed by atoms with Crippen molar-refractivity contribution in [3.8, 4) is 0 Å². The predicted molar refractivity (Wildman–Crippen MR) is 126 cm³/mol. The van der Waals surface area contributed by atoms with Crippen LogP contribution in [0.3, 0.4) is 0 Å². The first-order chi connectivity index (χ1) is 14.1. The second kappa shape index (κ2) is 7.67. The number of anilines is 2. The molecule has 0 aliphatic carbocycles. The summed E-state index contributed by atoms with van der Waals surface area (Å²) >= 11 is 3.54. The van der Waals surface area contributed by atoms with Crippen LogP contribution in [0.4, 0.5) is 11.4 Å². The molecule has 5 rings (SSSR count). The number of likely N-dealkylation sites (tertiary alicyclic amines) is 1. The van der Waals surface area contributed by atoms with Crippen LogP contribution in [0.5, 0.6) is 0 Å². The lowest BCUT2D eigenvalue weighted by Gasteiger charge is -2.41. The van der Waals surface area contributed by atoms with E-state index in [4.69, 9.17) is 0 Å². The standard InChI is InChI=1S/C23H26N4S2/c1-14(2)27-10-4-5-17(15(27)3)22-12-18-19(8-9-24-23(18)29-22)26-16-6-7-21-20(11-16)25-13-28-21/h6-9,11-15,17H,4-5,10H2,1-3H3,(H,24,26)/t15-,17+/m0/s1. The molecular weight excluding hydrogens is 396 g/mol. The van der Waals surface area contributed by atoms with Crippen LogP contribution in [-0.2, 0) is 0 Å². The minimum atomic E-state index is 0.570. The first kappa shape index (κ1) is 19.0. The van der Waals surface area contributed by atoms with Gasteiger partial charge in [-0.05, 0) is 70.5 Å². The quantitative estimate of drug-likeness (QED) is 0.401. The Kier molecular flexibility index (Phi) is 5.02. The van der Waals surface area contributed by atoms with Crippen molar-refractivity contribution in [3.63, 3.8) is 0 Å². The molecular formula is C23H26N4S2. The maximum atomic E-state index is 4.67. The Morgan fingerprint density at radius 3 is 2.93 bits per heavy atom. The Morgan fingerprint density at radius 1 is 1.17 bits per heavy atom. The van der Waals surface area contributed by atoms with Gasteiger partial charge in [-0.3, -0.25) is 4.90 Å². The molecule has 0 bridgehead atoms. The summed E-state index contributed by atoms with van der Waals surface area (Å²) in [6.07, 6.45) is 4.45. The normalized spacial score (nSPS) is 20.7. The summed E-state index contributed by atoms with van der Waals surface area (Å²) < 4.78 is 1.22. The van der Waals surface area contributed by atoms with Crippen LogP contribution < -0.4 is 5.32 Å². The van der Waals surface area contributed by atoms with Crippen molar-refractivity contribution >= 4 is 54.5 Å². The molecule has 6 heteroatoms. The highest BCUT2D eigenvalue weighted by molar-refractivity contribution is 7.18. The Bertz CT molecular complexity index is 1150. The highest BCUT2D eigenvalue weighted by Gasteiger charge is 2.31. The molecule has 0 unspecified atom stereocenters. The number of fused-ring (bicyclic) bond motifs is 2. The number of piperidine rings is 1. The Hall–Kier alpha value is -2.02. The summed E-state index contributed by atoms with van der Waals surface area (Å²) in [5, 5.41) is 4.83. The number of benzene rings is 1. The van der Waals surface area contributed by atoms with Gasteiger partial charge in [0.05, 0.1) is 21.4 Å². The third-order valence-electron chi connectivity index (χ3n) is 6.13. The number of nitrogens with one attached hydrogen (secondary N) is 1. The summed E-state index contributed by atoms with van der Waals surface area (Å²) in [5.41, 5.74) is 5.13. The largest absolute Gasteiger partial charge is 0.355 e. The lowest BCUT2D eigenvalue weighted by molar-refractivity contribution is 0.106. The van der Waals surface area contributed by atoms with Gasteiger partial charge in [0, 0.05) is 40.1 Å². The highest BCUT2D eigenvalue weighted by Crippen LogP contribution is 2.41. The lowest BCUT2D eigenvalue weighted by Crippen LogP contribution is -2.45. The molecule has 4 nitrogen and oxygen atoms in total. The molecule has 0 radical (unpaired) electrons. The van der Waals surface area contributed by atoms with Gasteiger partial charge in [-0.2, -0.15) is 0 Å². The maximum Gasteiger partial charge on any atom is 0.125 e. The third kappa shape index (κ3) is 3.54. The van der Waals surface area contributed by atoms with Crippen molar-refractivity contribution in [1.29, 1.82) is 0 Å². The highest BCUT2D eigenvalue weighted by atomic mass is 32.1. The fraction of sp³-hybridized carbons (Fsp3) is 0.391. The van der Waals surface area contributed by atoms with Gasteiger partial charge in [0.2, 0.25) is 0 Å². The zero-order valence-corrected chi connectivity index (χ0v) is 18.7. The maximum absolute atomic E-state index is 4.67. The number of nitrogens with zero attached hydrogens (tertiary/aromatic N) is 3. The van der Waals surface area contributed by atoms with Gasteiger partial charge in [-0.1, -0.05) is 0 Å². The van der Waals surface area contributed by atoms with Crippen LogP contribution in [0, 0.1) is 0 Å². The molecule has 1 aromatic carbocycles. The summed E-state index contributed by atoms with van der Waals surface area (Å²) in [6, 6.07) is 12.0. The third-order valence-corrected chi connectivity index (χ3v) is 8.11. The van der Waals surface area contributed by atoms with Crippen LogP contribution in [0.2, 0.25) is 0 Å². The smallest absolute Gasteiger partial charge is 0.125 e. The van der Waals surface area contributed by atoms with E-state index >= 15 is 0 Å². The lowest BCUT2D eigenvalue weighted by atomic mass is 9.88. The van der Waals surface area contributed by atoms with E-state index in [1.165, 1.54) is 34.3 Å². The number of aromatic nitrogens is 2. The summed E-state index contributed by atoms with van der Waals surface area (Å²) in [5.74, 6) is 0.588. The number of pyridine rings is 1. The van der Waals surface area contributed by atoms with Crippen LogP contribution in [0.25, 0.3) is 20.4 Å². The van der Waals surface area contributed by atoms with E-state index in [-0.39, 0.29) is 0 Å². The molecule has 1 aliphatic rings. The number of hydrogen-bond donors (Lipinski definition) is 1. The van der Waals surface area contributed by atoms with Crippen LogP contribution in [0.1, 0.15) is 44.4 Å². The van der Waals surface area contributed by atoms with Crippen molar-refractivity contribution in [2.24, 2.45) is 0 Å². The van der Waals surface area contributed by atoms with E-state index < -0.39 is 0 Å². The number of rotatable bonds is 4. The van der Waals surface area contributed by atoms with Crippen LogP contribution in [-0.4, -0.2) is 33.5 Å². The molecule has 1 saturated heterocycles. The van der Waals surface area contributed by atoms with Crippen LogP contribution >= 0.6 is 22.7 Å². The molecule has 4 heterocycles. The van der Waals surface area contributed by atoms with Crippen molar-refractivity contribution < 1.29 is 0 Å². The van der Waals surface area contributed by atoms with Crippen LogP contribution in [0.15, 0.2) is 42.0 Å². The fourth-order valence-corrected chi connectivity index (χ4v) is 6.54. The number of hydrogen-bond acceptors (Lipinski definition) is 6. The van der Waals surface area contributed by atoms with Gasteiger partial charge >= 0.3 is 0 Å². The SMILES string of the molecule is CC(C)N1CCC[C@@H](c2cc3c(Nc4ccc5scnc5c4)ccnc3s2)[C@@H]1C. The first-order valence-electron chi connectivity index (χ1n) is 10.3. The van der Waals surface area contributed by atoms with Crippen molar-refractivity contribution in [2.75, 3.05) is 11.9 Å². The summed E-state index contributed by atoms with van der Waals surface area (Å²) in [6.45, 7) is 8.23. The molecule has 4 aromatic rings. The summed E-state index contributed by atoms with van der Waals surface area (Å²) in [7, 11) is 0. The fourth-order valence-electron chi connectivity index (χ4n) is 4.62. The molecule has 1 aliphatic heterocycles. The van der Waals surface area contributed by atoms with Gasteiger partial charge in [-0.25, -0.2) is 9.97 Å². The predicted octanol–water partition coefficient (Wildman–Crippen LogP) is 6.63. The zero-order valence-electron chi connectivity index (χ0n) is 17.1. The van der Waals surface area contributed by atoms with Gasteiger partial charge in [-0.15, -0.1) is 22.7 Å². The zero-order chi connectivity index (χ0) is 20.0. The Morgan fingerprint density at radius 2 is 2.07 bits per heavy atom. The Balaban J connectivity index is 1.47. The minimum Gasteiger partial charge on any atom is -0.355 e. The summed E-state index contributed by atoms with van der Waals surface area (Å²) in [4.78, 5) is 14.3. The molecule has 2 atom stereocenters. The van der Waals surface area contributed by atoms with Crippen molar-refractivity contribution in [3.05, 3.63) is 46.9 Å². The van der Waals surface area contributed by atoms with Crippen molar-refractivity contribution in [1.82, 2.24) is 14.9 Å². The van der Waals surface area contributed by atoms with E-state index in [0.717, 1.165) is 21.7 Å². The topological polar surface area (TPSA) is 41.0 Å². The Labute approximate surface area is 179 Å². The van der Waals surface area contributed by atoms with Gasteiger partial charge in [0.1, 0.15) is 4.83 Å². The minimum absolute atomic E-state index is 0.570. The van der Waals surface area contributed by atoms with Gasteiger partial charge in [0.15, 0.2) is 0 Å². The van der Waals surface area contributed by atoms with Gasteiger partial charge in [0.25, 0.3) is 0 Å².